The molecule has 2 aromatic heterocycles. The molecule has 0 saturated carbocycles. The fourth-order valence-electron chi connectivity index (χ4n) is 2.26. The van der Waals surface area contributed by atoms with Crippen molar-refractivity contribution in [2.24, 2.45) is 0 Å². The lowest BCUT2D eigenvalue weighted by Crippen LogP contribution is -2.25. The Labute approximate surface area is 123 Å². The number of aromatic amines is 1. The Balaban J connectivity index is 2.27. The van der Waals surface area contributed by atoms with Crippen LogP contribution >= 0.6 is 23.6 Å². The number of nitrogens with one attached hydrogen (secondary N) is 1. The van der Waals surface area contributed by atoms with Gasteiger partial charge in [-0.15, -0.1) is 11.3 Å². The number of rotatable bonds is 2. The first-order valence-electron chi connectivity index (χ1n) is 6.06. The lowest BCUT2D eigenvalue weighted by atomic mass is 10.1. The number of H-pyrrole nitrogens is 1. The Bertz CT molecular complexity index is 894. The molecular weight excluding hydrogens is 295 g/mol. The van der Waals surface area contributed by atoms with Gasteiger partial charge in [-0.25, -0.2) is 4.39 Å². The van der Waals surface area contributed by atoms with Crippen LogP contribution in [0.15, 0.2) is 40.5 Å². The molecule has 3 nitrogen and oxygen atoms in total. The first kappa shape index (κ1) is 13.2. The van der Waals surface area contributed by atoms with Crippen LogP contribution in [0, 0.1) is 10.6 Å². The third-order valence-corrected chi connectivity index (χ3v) is 4.42. The van der Waals surface area contributed by atoms with Crippen molar-refractivity contribution in [3.05, 3.63) is 62.2 Å². The normalized spacial score (nSPS) is 12.7. The predicted octanol–water partition coefficient (Wildman–Crippen LogP) is 3.87. The monoisotopic (exact) mass is 306 g/mol. The van der Waals surface area contributed by atoms with Gasteiger partial charge in [0.25, 0.3) is 5.56 Å². The van der Waals surface area contributed by atoms with E-state index in [0.717, 1.165) is 4.83 Å². The second-order valence-corrected chi connectivity index (χ2v) is 5.77. The quantitative estimate of drug-likeness (QED) is 0.730. The van der Waals surface area contributed by atoms with Gasteiger partial charge in [-0.2, -0.15) is 0 Å². The maximum atomic E-state index is 13.9. The predicted molar refractivity (Wildman–Crippen MR) is 81.5 cm³/mol. The Morgan fingerprint density at radius 3 is 2.85 bits per heavy atom. The topological polar surface area (TPSA) is 37.8 Å². The third-order valence-electron chi connectivity index (χ3n) is 3.30. The second-order valence-electron chi connectivity index (χ2n) is 4.47. The number of fused-ring (bicyclic) bond motifs is 1. The van der Waals surface area contributed by atoms with E-state index >= 15 is 0 Å². The average Bonchev–Trinajstić information content (AvgIpc) is 2.87. The van der Waals surface area contributed by atoms with Gasteiger partial charge in [0.1, 0.15) is 10.6 Å². The zero-order chi connectivity index (χ0) is 14.3. The van der Waals surface area contributed by atoms with E-state index in [0.29, 0.717) is 15.7 Å². The Kier molecular flexibility index (Phi) is 3.27. The number of thiophene rings is 1. The molecule has 1 aromatic carbocycles. The van der Waals surface area contributed by atoms with Gasteiger partial charge in [0.15, 0.2) is 4.77 Å². The largest absolute Gasteiger partial charge is 0.323 e. The van der Waals surface area contributed by atoms with Gasteiger partial charge in [-0.1, -0.05) is 18.2 Å². The van der Waals surface area contributed by atoms with Crippen LogP contribution in [0.5, 0.6) is 0 Å². The van der Waals surface area contributed by atoms with Gasteiger partial charge < -0.3 is 4.98 Å². The molecule has 1 atom stereocenters. The molecule has 0 aliphatic rings. The fourth-order valence-corrected chi connectivity index (χ4v) is 3.44. The molecule has 1 N–H and O–H groups in total. The van der Waals surface area contributed by atoms with Crippen molar-refractivity contribution in [3.63, 3.8) is 0 Å². The van der Waals surface area contributed by atoms with E-state index in [9.17, 15) is 9.18 Å². The van der Waals surface area contributed by atoms with Crippen LogP contribution in [0.2, 0.25) is 0 Å². The van der Waals surface area contributed by atoms with Crippen molar-refractivity contribution in [1.82, 2.24) is 9.55 Å². The van der Waals surface area contributed by atoms with E-state index in [4.69, 9.17) is 12.2 Å². The van der Waals surface area contributed by atoms with E-state index < -0.39 is 6.04 Å². The van der Waals surface area contributed by atoms with Crippen molar-refractivity contribution >= 4 is 33.8 Å². The lowest BCUT2D eigenvalue weighted by Gasteiger charge is -2.16. The summed E-state index contributed by atoms with van der Waals surface area (Å²) in [5.74, 6) is -0.341. The molecule has 0 aliphatic heterocycles. The summed E-state index contributed by atoms with van der Waals surface area (Å²) < 4.78 is 15.6. The highest BCUT2D eigenvalue weighted by atomic mass is 32.1. The van der Waals surface area contributed by atoms with Crippen molar-refractivity contribution in [2.75, 3.05) is 0 Å². The molecule has 6 heteroatoms. The SMILES string of the molecule is CC(c1ccccc1F)n1c(=S)[nH]c2sccc2c1=O. The molecular formula is C14H11FN2OS2. The molecule has 3 rings (SSSR count). The van der Waals surface area contributed by atoms with Gasteiger partial charge in [-0.3, -0.25) is 9.36 Å². The van der Waals surface area contributed by atoms with Crippen LogP contribution in [0.1, 0.15) is 18.5 Å². The first-order chi connectivity index (χ1) is 9.59. The molecule has 0 amide bonds. The van der Waals surface area contributed by atoms with Gasteiger partial charge >= 0.3 is 0 Å². The van der Waals surface area contributed by atoms with Gasteiger partial charge in [0.05, 0.1) is 11.4 Å². The summed E-state index contributed by atoms with van der Waals surface area (Å²) >= 11 is 6.67. The molecule has 1 unspecified atom stereocenters. The summed E-state index contributed by atoms with van der Waals surface area (Å²) in [7, 11) is 0. The Morgan fingerprint density at radius 2 is 2.10 bits per heavy atom. The van der Waals surface area contributed by atoms with Crippen LogP contribution in [0.4, 0.5) is 4.39 Å². The summed E-state index contributed by atoms with van der Waals surface area (Å²) in [4.78, 5) is 16.3. The molecule has 0 fully saturated rings. The minimum atomic E-state index is -0.461. The second kappa shape index (κ2) is 4.96. The molecule has 0 saturated heterocycles. The van der Waals surface area contributed by atoms with Gasteiger partial charge in [0.2, 0.25) is 0 Å². The highest BCUT2D eigenvalue weighted by Gasteiger charge is 2.16. The average molecular weight is 306 g/mol. The summed E-state index contributed by atoms with van der Waals surface area (Å²) in [5.41, 5.74) is 0.254. The third kappa shape index (κ3) is 2.01. The molecule has 0 spiro atoms. The van der Waals surface area contributed by atoms with E-state index in [-0.39, 0.29) is 11.4 Å². The number of benzene rings is 1. The van der Waals surface area contributed by atoms with Crippen LogP contribution < -0.4 is 5.56 Å². The lowest BCUT2D eigenvalue weighted by molar-refractivity contribution is 0.541. The number of aromatic nitrogens is 2. The smallest absolute Gasteiger partial charge is 0.263 e. The van der Waals surface area contributed by atoms with Crippen LogP contribution in [-0.2, 0) is 0 Å². The Morgan fingerprint density at radius 1 is 1.35 bits per heavy atom. The van der Waals surface area contributed by atoms with E-state index in [1.54, 1.807) is 31.2 Å². The number of hydrogen-bond donors (Lipinski definition) is 1. The van der Waals surface area contributed by atoms with Crippen molar-refractivity contribution in [3.8, 4) is 0 Å². The molecule has 2 heterocycles. The molecule has 102 valence electrons. The fraction of sp³-hybridized carbons (Fsp3) is 0.143. The van der Waals surface area contributed by atoms with Crippen molar-refractivity contribution in [1.29, 1.82) is 0 Å². The minimum Gasteiger partial charge on any atom is -0.323 e. The minimum absolute atomic E-state index is 0.194. The van der Waals surface area contributed by atoms with Crippen LogP contribution in [0.3, 0.4) is 0 Å². The van der Waals surface area contributed by atoms with E-state index in [1.165, 1.54) is 22.0 Å². The van der Waals surface area contributed by atoms with Crippen molar-refractivity contribution < 1.29 is 4.39 Å². The number of halogens is 1. The van der Waals surface area contributed by atoms with Gasteiger partial charge in [0, 0.05) is 5.56 Å². The molecule has 3 aromatic rings. The molecule has 0 radical (unpaired) electrons. The van der Waals surface area contributed by atoms with Crippen LogP contribution in [0.25, 0.3) is 10.2 Å². The molecule has 20 heavy (non-hydrogen) atoms. The van der Waals surface area contributed by atoms with E-state index in [2.05, 4.69) is 4.98 Å². The highest BCUT2D eigenvalue weighted by molar-refractivity contribution is 7.71. The van der Waals surface area contributed by atoms with Crippen LogP contribution in [-0.4, -0.2) is 9.55 Å². The zero-order valence-electron chi connectivity index (χ0n) is 10.6. The van der Waals surface area contributed by atoms with E-state index in [1.807, 2.05) is 5.38 Å². The summed E-state index contributed by atoms with van der Waals surface area (Å²) in [6.45, 7) is 1.77. The number of nitrogens with zero attached hydrogens (tertiary/aromatic N) is 1. The molecule has 0 aliphatic carbocycles. The Hall–Kier alpha value is -1.79. The maximum Gasteiger partial charge on any atom is 0.263 e. The standard InChI is InChI=1S/C14H11FN2OS2/c1-8(9-4-2-3-5-11(9)15)17-13(18)10-6-7-20-12(10)16-14(17)19/h2-8H,1H3,(H,16,19). The zero-order valence-corrected chi connectivity index (χ0v) is 12.2. The van der Waals surface area contributed by atoms with Crippen molar-refractivity contribution in [2.45, 2.75) is 13.0 Å². The maximum absolute atomic E-state index is 13.9. The summed E-state index contributed by atoms with van der Waals surface area (Å²) in [5, 5.41) is 2.40. The first-order valence-corrected chi connectivity index (χ1v) is 7.35. The molecule has 0 bridgehead atoms. The highest BCUT2D eigenvalue weighted by Crippen LogP contribution is 2.21. The number of hydrogen-bond acceptors (Lipinski definition) is 3. The van der Waals surface area contributed by atoms with Gasteiger partial charge in [-0.05, 0) is 36.7 Å². The summed E-state index contributed by atoms with van der Waals surface area (Å²) in [6, 6.07) is 7.70. The summed E-state index contributed by atoms with van der Waals surface area (Å²) in [6.07, 6.45) is 0.